The Morgan fingerprint density at radius 1 is 1.00 bits per heavy atom. The molecule has 128 valence electrons. The molecular formula is C21H30F2. The van der Waals surface area contributed by atoms with Gasteiger partial charge < -0.3 is 0 Å². The summed E-state index contributed by atoms with van der Waals surface area (Å²) in [7, 11) is 0. The van der Waals surface area contributed by atoms with Crippen LogP contribution in [-0.4, -0.2) is 0 Å². The van der Waals surface area contributed by atoms with Crippen LogP contribution in [0.25, 0.3) is 0 Å². The Hall–Kier alpha value is -1.18. The van der Waals surface area contributed by atoms with Gasteiger partial charge in [0.05, 0.1) is 0 Å². The smallest absolute Gasteiger partial charge is 0.174 e. The van der Waals surface area contributed by atoms with Gasteiger partial charge in [-0.1, -0.05) is 63.3 Å². The molecule has 1 saturated carbocycles. The van der Waals surface area contributed by atoms with Crippen molar-refractivity contribution in [1.29, 1.82) is 0 Å². The first-order valence-electron chi connectivity index (χ1n) is 9.29. The first-order chi connectivity index (χ1) is 11.2. The Bertz CT molecular complexity index is 463. The second-order valence-electron chi connectivity index (χ2n) is 7.01. The SMILES string of the molecule is CCCCCCC1CCC(c2ccc(CC=C(F)F)cc2)CC1. The maximum Gasteiger partial charge on any atom is 0.266 e. The van der Waals surface area contributed by atoms with Crippen molar-refractivity contribution in [2.75, 3.05) is 0 Å². The highest BCUT2D eigenvalue weighted by Gasteiger charge is 2.21. The van der Waals surface area contributed by atoms with E-state index in [4.69, 9.17) is 0 Å². The molecule has 0 unspecified atom stereocenters. The molecule has 2 rings (SSSR count). The summed E-state index contributed by atoms with van der Waals surface area (Å²) in [6.45, 7) is 2.26. The summed E-state index contributed by atoms with van der Waals surface area (Å²) in [5.74, 6) is 1.60. The Labute approximate surface area is 140 Å². The van der Waals surface area contributed by atoms with Crippen LogP contribution in [0.4, 0.5) is 8.78 Å². The topological polar surface area (TPSA) is 0 Å². The molecule has 1 aliphatic carbocycles. The van der Waals surface area contributed by atoms with Crippen LogP contribution < -0.4 is 0 Å². The second-order valence-corrected chi connectivity index (χ2v) is 7.01. The van der Waals surface area contributed by atoms with Crippen LogP contribution in [0.15, 0.2) is 36.4 Å². The summed E-state index contributed by atoms with van der Waals surface area (Å²) in [6, 6.07) is 8.30. The monoisotopic (exact) mass is 320 g/mol. The Balaban J connectivity index is 1.75. The summed E-state index contributed by atoms with van der Waals surface area (Å²) in [5, 5.41) is 0. The van der Waals surface area contributed by atoms with Gasteiger partial charge in [-0.3, -0.25) is 0 Å². The molecule has 2 heteroatoms. The lowest BCUT2D eigenvalue weighted by molar-refractivity contribution is 0.302. The zero-order valence-electron chi connectivity index (χ0n) is 14.4. The minimum absolute atomic E-state index is 0.327. The first kappa shape index (κ1) is 18.2. The van der Waals surface area contributed by atoms with Crippen molar-refractivity contribution in [3.63, 3.8) is 0 Å². The largest absolute Gasteiger partial charge is 0.266 e. The van der Waals surface area contributed by atoms with Crippen LogP contribution in [0.2, 0.25) is 0 Å². The number of rotatable bonds is 8. The molecule has 0 saturated heterocycles. The van der Waals surface area contributed by atoms with Crippen LogP contribution in [0.1, 0.15) is 81.8 Å². The standard InChI is InChI=1S/C21H30F2/c1-2-3-4-5-6-17-7-12-19(13-8-17)20-14-9-18(10-15-20)11-16-21(22)23/h9-10,14-17,19H,2-8,11-13H2,1H3. The van der Waals surface area contributed by atoms with Crippen molar-refractivity contribution in [3.05, 3.63) is 47.5 Å². The van der Waals surface area contributed by atoms with Crippen molar-refractivity contribution >= 4 is 0 Å². The van der Waals surface area contributed by atoms with Gasteiger partial charge in [0.15, 0.2) is 0 Å². The van der Waals surface area contributed by atoms with Crippen LogP contribution in [-0.2, 0) is 6.42 Å². The average Bonchev–Trinajstić information content (AvgIpc) is 2.58. The number of hydrogen-bond donors (Lipinski definition) is 0. The van der Waals surface area contributed by atoms with E-state index in [1.54, 1.807) is 0 Å². The molecule has 0 atom stereocenters. The molecule has 0 spiro atoms. The molecule has 0 N–H and O–H groups in total. The summed E-state index contributed by atoms with van der Waals surface area (Å²) in [5.41, 5.74) is 2.36. The molecule has 0 aromatic heterocycles. The van der Waals surface area contributed by atoms with Gasteiger partial charge in [0, 0.05) is 0 Å². The van der Waals surface area contributed by atoms with Gasteiger partial charge in [0.1, 0.15) is 0 Å². The molecule has 0 heterocycles. The molecule has 0 aliphatic heterocycles. The Kier molecular flexibility index (Phi) is 7.78. The fourth-order valence-electron chi connectivity index (χ4n) is 3.77. The molecule has 1 aliphatic rings. The third-order valence-electron chi connectivity index (χ3n) is 5.26. The molecule has 0 bridgehead atoms. The third kappa shape index (κ3) is 6.45. The van der Waals surface area contributed by atoms with Crippen molar-refractivity contribution in [2.24, 2.45) is 5.92 Å². The molecule has 0 nitrogen and oxygen atoms in total. The van der Waals surface area contributed by atoms with E-state index < -0.39 is 6.08 Å². The van der Waals surface area contributed by atoms with Gasteiger partial charge in [-0.05, 0) is 61.1 Å². The van der Waals surface area contributed by atoms with Gasteiger partial charge in [0.25, 0.3) is 6.08 Å². The lowest BCUT2D eigenvalue weighted by Gasteiger charge is -2.29. The van der Waals surface area contributed by atoms with Crippen LogP contribution in [0, 0.1) is 5.92 Å². The summed E-state index contributed by atoms with van der Waals surface area (Å²) >= 11 is 0. The predicted octanol–water partition coefficient (Wildman–Crippen LogP) is 7.25. The first-order valence-corrected chi connectivity index (χ1v) is 9.29. The van der Waals surface area contributed by atoms with Crippen LogP contribution in [0.3, 0.4) is 0 Å². The molecular weight excluding hydrogens is 290 g/mol. The van der Waals surface area contributed by atoms with Crippen LogP contribution >= 0.6 is 0 Å². The third-order valence-corrected chi connectivity index (χ3v) is 5.26. The summed E-state index contributed by atoms with van der Waals surface area (Å²) < 4.78 is 24.2. The van der Waals surface area contributed by atoms with E-state index >= 15 is 0 Å². The van der Waals surface area contributed by atoms with Crippen molar-refractivity contribution < 1.29 is 8.78 Å². The van der Waals surface area contributed by atoms with Crippen molar-refractivity contribution in [1.82, 2.24) is 0 Å². The maximum absolute atomic E-state index is 12.1. The summed E-state index contributed by atoms with van der Waals surface area (Å²) in [6.07, 6.45) is 11.9. The maximum atomic E-state index is 12.1. The Morgan fingerprint density at radius 2 is 1.70 bits per heavy atom. The fourth-order valence-corrected chi connectivity index (χ4v) is 3.77. The van der Waals surface area contributed by atoms with Crippen molar-refractivity contribution in [2.45, 2.75) is 77.0 Å². The minimum Gasteiger partial charge on any atom is -0.174 e. The van der Waals surface area contributed by atoms with E-state index in [1.165, 1.54) is 63.4 Å². The zero-order chi connectivity index (χ0) is 16.5. The highest BCUT2D eigenvalue weighted by atomic mass is 19.3. The molecule has 23 heavy (non-hydrogen) atoms. The quantitative estimate of drug-likeness (QED) is 0.442. The van der Waals surface area contributed by atoms with Gasteiger partial charge >= 0.3 is 0 Å². The van der Waals surface area contributed by atoms with Gasteiger partial charge in [0.2, 0.25) is 0 Å². The highest BCUT2D eigenvalue weighted by molar-refractivity contribution is 5.27. The fraction of sp³-hybridized carbons (Fsp3) is 0.619. The normalized spacial score (nSPS) is 21.2. The number of allylic oxidation sites excluding steroid dienone is 1. The highest BCUT2D eigenvalue weighted by Crippen LogP contribution is 2.37. The lowest BCUT2D eigenvalue weighted by Crippen LogP contribution is -2.13. The molecule has 1 fully saturated rings. The Morgan fingerprint density at radius 3 is 2.30 bits per heavy atom. The predicted molar refractivity (Wildman–Crippen MR) is 93.9 cm³/mol. The van der Waals surface area contributed by atoms with Crippen LogP contribution in [0.5, 0.6) is 0 Å². The molecule has 1 aromatic carbocycles. The van der Waals surface area contributed by atoms with Crippen molar-refractivity contribution in [3.8, 4) is 0 Å². The minimum atomic E-state index is -1.59. The average molecular weight is 320 g/mol. The number of unbranched alkanes of at least 4 members (excludes halogenated alkanes) is 3. The van der Waals surface area contributed by atoms with Gasteiger partial charge in [-0.2, -0.15) is 8.78 Å². The number of halogens is 2. The zero-order valence-corrected chi connectivity index (χ0v) is 14.4. The van der Waals surface area contributed by atoms with Gasteiger partial charge in [-0.15, -0.1) is 0 Å². The second kappa shape index (κ2) is 9.85. The van der Waals surface area contributed by atoms with E-state index in [-0.39, 0.29) is 0 Å². The number of hydrogen-bond acceptors (Lipinski definition) is 0. The van der Waals surface area contributed by atoms with E-state index in [0.29, 0.717) is 12.3 Å². The van der Waals surface area contributed by atoms with E-state index in [2.05, 4.69) is 19.1 Å². The molecule has 1 aromatic rings. The van der Waals surface area contributed by atoms with Gasteiger partial charge in [-0.25, -0.2) is 0 Å². The summed E-state index contributed by atoms with van der Waals surface area (Å²) in [4.78, 5) is 0. The molecule has 0 amide bonds. The number of benzene rings is 1. The lowest BCUT2D eigenvalue weighted by atomic mass is 9.77. The van der Waals surface area contributed by atoms with E-state index in [9.17, 15) is 8.78 Å². The van der Waals surface area contributed by atoms with E-state index in [1.807, 2.05) is 12.1 Å². The molecule has 0 radical (unpaired) electrons. The van der Waals surface area contributed by atoms with E-state index in [0.717, 1.165) is 17.6 Å².